The van der Waals surface area contributed by atoms with Gasteiger partial charge in [0.25, 0.3) is 0 Å². The molecule has 18 heavy (non-hydrogen) atoms. The van der Waals surface area contributed by atoms with Crippen molar-refractivity contribution in [3.8, 4) is 0 Å². The van der Waals surface area contributed by atoms with Gasteiger partial charge in [-0.3, -0.25) is 0 Å². The summed E-state index contributed by atoms with van der Waals surface area (Å²) in [4.78, 5) is 0. The molecule has 0 aromatic heterocycles. The molecule has 0 radical (unpaired) electrons. The van der Waals surface area contributed by atoms with Crippen molar-refractivity contribution in [3.05, 3.63) is 34.4 Å². The van der Waals surface area contributed by atoms with E-state index in [2.05, 4.69) is 53.0 Å². The third kappa shape index (κ3) is 3.76. The molecular weight excluding hydrogens is 238 g/mol. The van der Waals surface area contributed by atoms with Crippen LogP contribution in [-0.4, -0.2) is 12.0 Å². The highest BCUT2D eigenvalue weighted by molar-refractivity contribution is 7.98. The fourth-order valence-corrected chi connectivity index (χ4v) is 2.87. The Morgan fingerprint density at radius 3 is 2.06 bits per heavy atom. The van der Waals surface area contributed by atoms with Crippen LogP contribution < -0.4 is 5.73 Å². The topological polar surface area (TPSA) is 26.0 Å². The zero-order valence-corrected chi connectivity index (χ0v) is 13.4. The summed E-state index contributed by atoms with van der Waals surface area (Å²) < 4.78 is 0. The molecule has 2 heteroatoms. The lowest BCUT2D eigenvalue weighted by Crippen LogP contribution is -2.17. The first-order chi connectivity index (χ1) is 8.27. The maximum atomic E-state index is 6.33. The van der Waals surface area contributed by atoms with Gasteiger partial charge in [0.1, 0.15) is 0 Å². The maximum Gasteiger partial charge on any atom is 0.0308 e. The summed E-state index contributed by atoms with van der Waals surface area (Å²) in [7, 11) is 0. The van der Waals surface area contributed by atoms with Gasteiger partial charge in [0, 0.05) is 6.04 Å². The van der Waals surface area contributed by atoms with Crippen LogP contribution in [0, 0.1) is 13.8 Å². The van der Waals surface area contributed by atoms with Crippen molar-refractivity contribution >= 4 is 11.8 Å². The van der Waals surface area contributed by atoms with Crippen LogP contribution >= 0.6 is 11.8 Å². The summed E-state index contributed by atoms with van der Waals surface area (Å²) >= 11 is 1.86. The second kappa shape index (κ2) is 6.12. The lowest BCUT2D eigenvalue weighted by Gasteiger charge is -2.24. The van der Waals surface area contributed by atoms with Crippen molar-refractivity contribution in [1.29, 1.82) is 0 Å². The molecule has 1 nitrogen and oxygen atoms in total. The Balaban J connectivity index is 3.09. The third-order valence-corrected chi connectivity index (χ3v) is 4.11. The van der Waals surface area contributed by atoms with E-state index in [1.165, 1.54) is 22.3 Å². The van der Waals surface area contributed by atoms with Gasteiger partial charge in [0.15, 0.2) is 0 Å². The smallest absolute Gasteiger partial charge is 0.0308 e. The Labute approximate surface area is 117 Å². The second-order valence-electron chi connectivity index (χ2n) is 6.16. The van der Waals surface area contributed by atoms with E-state index < -0.39 is 0 Å². The fraction of sp³-hybridized carbons (Fsp3) is 0.625. The van der Waals surface area contributed by atoms with Gasteiger partial charge >= 0.3 is 0 Å². The van der Waals surface area contributed by atoms with Crippen LogP contribution in [0.4, 0.5) is 0 Å². The monoisotopic (exact) mass is 265 g/mol. The number of rotatable bonds is 4. The normalized spacial score (nSPS) is 13.7. The molecule has 1 aromatic carbocycles. The predicted octanol–water partition coefficient (Wildman–Crippen LogP) is 4.35. The molecule has 0 spiro atoms. The molecule has 0 aliphatic rings. The quantitative estimate of drug-likeness (QED) is 0.875. The Kier molecular flexibility index (Phi) is 5.30. The van der Waals surface area contributed by atoms with E-state index in [0.29, 0.717) is 0 Å². The molecule has 0 fully saturated rings. The third-order valence-electron chi connectivity index (χ3n) is 3.46. The molecule has 1 unspecified atom stereocenters. The van der Waals surface area contributed by atoms with E-state index in [1.54, 1.807) is 0 Å². The largest absolute Gasteiger partial charge is 0.324 e. The summed E-state index contributed by atoms with van der Waals surface area (Å²) in [5.41, 5.74) is 12.0. The van der Waals surface area contributed by atoms with Gasteiger partial charge in [-0.15, -0.1) is 0 Å². The highest BCUT2D eigenvalue weighted by Gasteiger charge is 2.18. The van der Waals surface area contributed by atoms with Crippen molar-refractivity contribution in [2.45, 2.75) is 52.5 Å². The van der Waals surface area contributed by atoms with Crippen molar-refractivity contribution < 1.29 is 0 Å². The zero-order valence-electron chi connectivity index (χ0n) is 12.6. The number of thioether (sulfide) groups is 1. The van der Waals surface area contributed by atoms with Crippen LogP contribution in [0.15, 0.2) is 12.1 Å². The van der Waals surface area contributed by atoms with Gasteiger partial charge in [-0.25, -0.2) is 0 Å². The van der Waals surface area contributed by atoms with Gasteiger partial charge in [-0.1, -0.05) is 32.9 Å². The number of nitrogens with two attached hydrogens (primary N) is 1. The maximum absolute atomic E-state index is 6.33. The Bertz CT molecular complexity index is 381. The minimum Gasteiger partial charge on any atom is -0.324 e. The summed E-state index contributed by atoms with van der Waals surface area (Å²) in [6, 6.07) is 4.79. The molecule has 1 aromatic rings. The van der Waals surface area contributed by atoms with Gasteiger partial charge in [0.2, 0.25) is 0 Å². The highest BCUT2D eigenvalue weighted by atomic mass is 32.2. The molecule has 1 atom stereocenters. The molecule has 0 heterocycles. The zero-order chi connectivity index (χ0) is 13.9. The van der Waals surface area contributed by atoms with Crippen molar-refractivity contribution in [2.24, 2.45) is 5.73 Å². The molecule has 0 bridgehead atoms. The van der Waals surface area contributed by atoms with E-state index in [1.807, 2.05) is 11.8 Å². The summed E-state index contributed by atoms with van der Waals surface area (Å²) in [6.07, 6.45) is 3.19. The van der Waals surface area contributed by atoms with Gasteiger partial charge in [0.05, 0.1) is 0 Å². The van der Waals surface area contributed by atoms with Crippen LogP contribution in [0.5, 0.6) is 0 Å². The molecule has 0 saturated heterocycles. The summed E-state index contributed by atoms with van der Waals surface area (Å²) in [5, 5.41) is 0. The average Bonchev–Trinajstić information content (AvgIpc) is 2.24. The molecule has 0 amide bonds. The Morgan fingerprint density at radius 1 is 1.17 bits per heavy atom. The summed E-state index contributed by atoms with van der Waals surface area (Å²) in [5.74, 6) is 1.13. The molecule has 102 valence electrons. The van der Waals surface area contributed by atoms with Crippen LogP contribution in [0.3, 0.4) is 0 Å². The summed E-state index contributed by atoms with van der Waals surface area (Å²) in [6.45, 7) is 11.2. The first kappa shape index (κ1) is 15.6. The van der Waals surface area contributed by atoms with E-state index in [4.69, 9.17) is 5.73 Å². The highest BCUT2D eigenvalue weighted by Crippen LogP contribution is 2.30. The average molecular weight is 265 g/mol. The van der Waals surface area contributed by atoms with E-state index in [0.717, 1.165) is 12.2 Å². The SMILES string of the molecule is CSCCC(N)c1c(C)cc(C(C)(C)C)cc1C. The van der Waals surface area contributed by atoms with Crippen molar-refractivity contribution in [2.75, 3.05) is 12.0 Å². The second-order valence-corrected chi connectivity index (χ2v) is 7.15. The van der Waals surface area contributed by atoms with Crippen molar-refractivity contribution in [1.82, 2.24) is 0 Å². The number of benzene rings is 1. The molecule has 0 saturated carbocycles. The lowest BCUT2D eigenvalue weighted by molar-refractivity contribution is 0.587. The standard InChI is InChI=1S/C16H27NS/c1-11-9-13(16(3,4)5)10-12(2)15(11)14(17)7-8-18-6/h9-10,14H,7-8,17H2,1-6H3. The van der Waals surface area contributed by atoms with E-state index in [-0.39, 0.29) is 11.5 Å². The first-order valence-electron chi connectivity index (χ1n) is 6.63. The molecular formula is C16H27NS. The van der Waals surface area contributed by atoms with Gasteiger partial charge in [-0.2, -0.15) is 11.8 Å². The molecule has 1 rings (SSSR count). The number of hydrogen-bond donors (Lipinski definition) is 1. The Hall–Kier alpha value is -0.470. The molecule has 2 N–H and O–H groups in total. The van der Waals surface area contributed by atoms with Crippen LogP contribution in [-0.2, 0) is 5.41 Å². The minimum atomic E-state index is 0.173. The Morgan fingerprint density at radius 2 is 1.67 bits per heavy atom. The number of aryl methyl sites for hydroxylation is 2. The van der Waals surface area contributed by atoms with Crippen LogP contribution in [0.25, 0.3) is 0 Å². The lowest BCUT2D eigenvalue weighted by atomic mass is 9.82. The molecule has 0 aliphatic heterocycles. The van der Waals surface area contributed by atoms with Crippen molar-refractivity contribution in [3.63, 3.8) is 0 Å². The first-order valence-corrected chi connectivity index (χ1v) is 8.03. The predicted molar refractivity (Wildman–Crippen MR) is 84.5 cm³/mol. The van der Waals surface area contributed by atoms with E-state index in [9.17, 15) is 0 Å². The van der Waals surface area contributed by atoms with E-state index >= 15 is 0 Å². The minimum absolute atomic E-state index is 0.173. The van der Waals surface area contributed by atoms with Gasteiger partial charge < -0.3 is 5.73 Å². The van der Waals surface area contributed by atoms with Crippen LogP contribution in [0.2, 0.25) is 0 Å². The van der Waals surface area contributed by atoms with Crippen LogP contribution in [0.1, 0.15) is 55.5 Å². The van der Waals surface area contributed by atoms with Gasteiger partial charge in [-0.05, 0) is 59.9 Å². The fourth-order valence-electron chi connectivity index (χ4n) is 2.38. The number of hydrogen-bond acceptors (Lipinski definition) is 2. The molecule has 0 aliphatic carbocycles.